The summed E-state index contributed by atoms with van der Waals surface area (Å²) < 4.78 is 0. The molecule has 0 bridgehead atoms. The van der Waals surface area contributed by atoms with Gasteiger partial charge in [0.25, 0.3) is 0 Å². The largest absolute Gasteiger partial charge is 0.328 e. The lowest BCUT2D eigenvalue weighted by Crippen LogP contribution is -2.25. The van der Waals surface area contributed by atoms with Gasteiger partial charge in [-0.3, -0.25) is 0 Å². The molecule has 0 saturated heterocycles. The van der Waals surface area contributed by atoms with Crippen molar-refractivity contribution in [1.82, 2.24) is 5.48 Å². The third-order valence-corrected chi connectivity index (χ3v) is 2.20. The summed E-state index contributed by atoms with van der Waals surface area (Å²) in [5.41, 5.74) is 8.05. The monoisotopic (exact) mass is 144 g/mol. The molecule has 3 nitrogen and oxygen atoms in total. The Bertz CT molecular complexity index is 97.6. The van der Waals surface area contributed by atoms with Gasteiger partial charge >= 0.3 is 0 Å². The summed E-state index contributed by atoms with van der Waals surface area (Å²) in [6, 6.07) is 0.645. The topological polar surface area (TPSA) is 58.3 Å². The van der Waals surface area contributed by atoms with Crippen LogP contribution in [0.15, 0.2) is 0 Å². The number of nitrogens with one attached hydrogen (secondary N) is 1. The molecule has 4 N–H and O–H groups in total. The van der Waals surface area contributed by atoms with Gasteiger partial charge in [-0.15, -0.1) is 0 Å². The molecule has 0 spiro atoms. The minimum Gasteiger partial charge on any atom is -0.328 e. The average molecular weight is 144 g/mol. The van der Waals surface area contributed by atoms with Crippen molar-refractivity contribution in [2.45, 2.75) is 44.2 Å². The molecule has 3 heteroatoms. The molecule has 1 fully saturated rings. The Hall–Kier alpha value is -0.120. The van der Waals surface area contributed by atoms with E-state index in [0.717, 1.165) is 32.1 Å². The number of hydroxylamine groups is 1. The Kier molecular flexibility index (Phi) is 3.12. The van der Waals surface area contributed by atoms with Crippen molar-refractivity contribution in [1.29, 1.82) is 0 Å². The first-order valence-corrected chi connectivity index (χ1v) is 3.98. The molecule has 10 heavy (non-hydrogen) atoms. The number of nitrogens with two attached hydrogens (primary N) is 1. The van der Waals surface area contributed by atoms with Crippen LogP contribution in [0.1, 0.15) is 32.1 Å². The summed E-state index contributed by atoms with van der Waals surface area (Å²) in [4.78, 5) is 0. The second-order valence-electron chi connectivity index (χ2n) is 3.09. The second-order valence-corrected chi connectivity index (χ2v) is 3.09. The highest BCUT2D eigenvalue weighted by atomic mass is 16.5. The zero-order valence-corrected chi connectivity index (χ0v) is 6.21. The summed E-state index contributed by atoms with van der Waals surface area (Å²) in [6.07, 6.45) is 5.36. The summed E-state index contributed by atoms with van der Waals surface area (Å²) in [5, 5.41) is 8.61. The number of hydrogen-bond donors (Lipinski definition) is 3. The first kappa shape index (κ1) is 7.98. The lowest BCUT2D eigenvalue weighted by atomic mass is 10.1. The van der Waals surface area contributed by atoms with E-state index in [0.29, 0.717) is 6.04 Å². The van der Waals surface area contributed by atoms with E-state index >= 15 is 0 Å². The fourth-order valence-electron chi connectivity index (χ4n) is 1.46. The maximum atomic E-state index is 8.61. The van der Waals surface area contributed by atoms with Crippen LogP contribution in [-0.2, 0) is 0 Å². The molecular weight excluding hydrogens is 128 g/mol. The SMILES string of the molecule is NC1CCCC(NO)CC1. The van der Waals surface area contributed by atoms with Crippen LogP contribution in [0, 0.1) is 0 Å². The van der Waals surface area contributed by atoms with Crippen LogP contribution in [0.5, 0.6) is 0 Å². The van der Waals surface area contributed by atoms with Crippen molar-refractivity contribution >= 4 is 0 Å². The van der Waals surface area contributed by atoms with Crippen LogP contribution < -0.4 is 11.2 Å². The minimum atomic E-state index is 0.286. The normalized spacial score (nSPS) is 35.4. The van der Waals surface area contributed by atoms with Gasteiger partial charge in [0.05, 0.1) is 0 Å². The van der Waals surface area contributed by atoms with E-state index in [-0.39, 0.29) is 6.04 Å². The van der Waals surface area contributed by atoms with Crippen LogP contribution in [0.4, 0.5) is 0 Å². The molecule has 1 aliphatic carbocycles. The summed E-state index contributed by atoms with van der Waals surface area (Å²) in [5.74, 6) is 0. The number of hydrogen-bond acceptors (Lipinski definition) is 3. The van der Waals surface area contributed by atoms with Gasteiger partial charge in [-0.2, -0.15) is 0 Å². The molecule has 0 radical (unpaired) electrons. The molecule has 1 rings (SSSR count). The Labute approximate surface area is 61.6 Å². The smallest absolute Gasteiger partial charge is 0.0320 e. The molecule has 0 aromatic carbocycles. The molecule has 1 aliphatic rings. The second kappa shape index (κ2) is 3.91. The van der Waals surface area contributed by atoms with Crippen molar-refractivity contribution in [3.63, 3.8) is 0 Å². The van der Waals surface area contributed by atoms with E-state index in [1.165, 1.54) is 0 Å². The van der Waals surface area contributed by atoms with E-state index < -0.39 is 0 Å². The predicted octanol–water partition coefficient (Wildman–Crippen LogP) is 0.625. The maximum Gasteiger partial charge on any atom is 0.0320 e. The summed E-state index contributed by atoms with van der Waals surface area (Å²) in [7, 11) is 0. The van der Waals surface area contributed by atoms with E-state index in [4.69, 9.17) is 10.9 Å². The highest BCUT2D eigenvalue weighted by Crippen LogP contribution is 2.15. The Balaban J connectivity index is 2.26. The molecule has 0 aliphatic heterocycles. The molecule has 0 amide bonds. The highest BCUT2D eigenvalue weighted by molar-refractivity contribution is 4.73. The van der Waals surface area contributed by atoms with Crippen LogP contribution in [0.3, 0.4) is 0 Å². The van der Waals surface area contributed by atoms with Gasteiger partial charge in [0.15, 0.2) is 0 Å². The van der Waals surface area contributed by atoms with E-state index in [9.17, 15) is 0 Å². The molecule has 2 atom stereocenters. The zero-order valence-electron chi connectivity index (χ0n) is 6.21. The van der Waals surface area contributed by atoms with Gasteiger partial charge in [-0.05, 0) is 25.7 Å². The lowest BCUT2D eigenvalue weighted by molar-refractivity contribution is 0.118. The van der Waals surface area contributed by atoms with Crippen LogP contribution >= 0.6 is 0 Å². The molecule has 2 unspecified atom stereocenters. The summed E-state index contributed by atoms with van der Waals surface area (Å²) >= 11 is 0. The van der Waals surface area contributed by atoms with E-state index in [2.05, 4.69) is 5.48 Å². The van der Waals surface area contributed by atoms with Crippen molar-refractivity contribution < 1.29 is 5.21 Å². The standard InChI is InChI=1S/C7H16N2O/c8-6-2-1-3-7(9-10)5-4-6/h6-7,9-10H,1-5,8H2. The first-order valence-electron chi connectivity index (χ1n) is 3.98. The van der Waals surface area contributed by atoms with Gasteiger partial charge in [-0.25, -0.2) is 5.48 Å². The van der Waals surface area contributed by atoms with Gasteiger partial charge < -0.3 is 10.9 Å². The molecular formula is C7H16N2O. The fraction of sp³-hybridized carbons (Fsp3) is 1.00. The van der Waals surface area contributed by atoms with Gasteiger partial charge in [0.2, 0.25) is 0 Å². The molecule has 0 aromatic rings. The quantitative estimate of drug-likeness (QED) is 0.373. The van der Waals surface area contributed by atoms with Gasteiger partial charge in [0, 0.05) is 12.1 Å². The van der Waals surface area contributed by atoms with Gasteiger partial charge in [0.1, 0.15) is 0 Å². The molecule has 0 heterocycles. The average Bonchev–Trinajstić information content (AvgIpc) is 2.14. The van der Waals surface area contributed by atoms with Crippen LogP contribution in [0.25, 0.3) is 0 Å². The maximum absolute atomic E-state index is 8.61. The fourth-order valence-corrected chi connectivity index (χ4v) is 1.46. The van der Waals surface area contributed by atoms with Crippen LogP contribution in [-0.4, -0.2) is 17.3 Å². The zero-order chi connectivity index (χ0) is 7.40. The van der Waals surface area contributed by atoms with E-state index in [1.54, 1.807) is 0 Å². The minimum absolute atomic E-state index is 0.286. The molecule has 0 aromatic heterocycles. The third kappa shape index (κ3) is 2.25. The van der Waals surface area contributed by atoms with Crippen molar-refractivity contribution in [3.05, 3.63) is 0 Å². The van der Waals surface area contributed by atoms with Gasteiger partial charge in [-0.1, -0.05) is 6.42 Å². The Morgan fingerprint density at radius 1 is 1.20 bits per heavy atom. The van der Waals surface area contributed by atoms with Crippen molar-refractivity contribution in [2.75, 3.05) is 0 Å². The van der Waals surface area contributed by atoms with E-state index in [1.807, 2.05) is 0 Å². The molecule has 60 valence electrons. The third-order valence-electron chi connectivity index (χ3n) is 2.20. The first-order chi connectivity index (χ1) is 4.83. The summed E-state index contributed by atoms with van der Waals surface area (Å²) in [6.45, 7) is 0. The molecule has 1 saturated carbocycles. The Morgan fingerprint density at radius 3 is 2.70 bits per heavy atom. The Morgan fingerprint density at radius 2 is 2.00 bits per heavy atom. The number of rotatable bonds is 1. The highest BCUT2D eigenvalue weighted by Gasteiger charge is 2.14. The lowest BCUT2D eigenvalue weighted by Gasteiger charge is -2.10. The predicted molar refractivity (Wildman–Crippen MR) is 39.8 cm³/mol. The van der Waals surface area contributed by atoms with Crippen LogP contribution in [0.2, 0.25) is 0 Å². The van der Waals surface area contributed by atoms with Crippen molar-refractivity contribution in [2.24, 2.45) is 5.73 Å². The van der Waals surface area contributed by atoms with Crippen molar-refractivity contribution in [3.8, 4) is 0 Å².